The molecule has 0 radical (unpaired) electrons. The van der Waals surface area contributed by atoms with E-state index in [0.29, 0.717) is 18.4 Å². The number of anilines is 1. The highest BCUT2D eigenvalue weighted by molar-refractivity contribution is 6.53. The number of nitriles is 1. The van der Waals surface area contributed by atoms with Gasteiger partial charge in [0.15, 0.2) is 5.78 Å². The summed E-state index contributed by atoms with van der Waals surface area (Å²) in [4.78, 5) is 25.5. The van der Waals surface area contributed by atoms with Crippen LogP contribution in [0.25, 0.3) is 0 Å². The molecule has 1 N–H and O–H groups in total. The van der Waals surface area contributed by atoms with E-state index in [1.165, 1.54) is 30.3 Å². The van der Waals surface area contributed by atoms with Gasteiger partial charge < -0.3 is 5.32 Å². The summed E-state index contributed by atoms with van der Waals surface area (Å²) in [5, 5.41) is 12.1. The number of nitrogens with zero attached hydrogens (tertiary/aromatic N) is 1. The van der Waals surface area contributed by atoms with E-state index in [1.807, 2.05) is 0 Å². The fourth-order valence-corrected chi connectivity index (χ4v) is 4.92. The smallest absolute Gasteiger partial charge is 0.326 e. The van der Waals surface area contributed by atoms with Crippen LogP contribution in [0, 0.1) is 22.7 Å². The molecule has 10 heteroatoms. The number of hydrogen-bond acceptors (Lipinski definition) is 3. The van der Waals surface area contributed by atoms with Gasteiger partial charge in [-0.3, -0.25) is 9.59 Å². The van der Waals surface area contributed by atoms with Gasteiger partial charge in [0.25, 0.3) is 0 Å². The molecule has 0 heterocycles. The average Bonchev–Trinajstić information content (AvgIpc) is 3.63. The maximum Gasteiger partial charge on any atom is 0.416 e. The van der Waals surface area contributed by atoms with Gasteiger partial charge in [-0.15, -0.1) is 23.2 Å². The van der Waals surface area contributed by atoms with Crippen LogP contribution in [0.15, 0.2) is 42.5 Å². The summed E-state index contributed by atoms with van der Waals surface area (Å²) in [6, 6.07) is 10.9. The van der Waals surface area contributed by atoms with Gasteiger partial charge in [-0.05, 0) is 48.7 Å². The van der Waals surface area contributed by atoms with E-state index < -0.39 is 39.2 Å². The van der Waals surface area contributed by atoms with Crippen LogP contribution in [0.3, 0.4) is 0 Å². The number of nitrogens with one attached hydrogen (secondary N) is 1. The molecule has 4 nitrogen and oxygen atoms in total. The third-order valence-corrected chi connectivity index (χ3v) is 7.33. The number of benzene rings is 2. The lowest BCUT2D eigenvalue weighted by Crippen LogP contribution is -2.17. The monoisotopic (exact) mass is 514 g/mol. The van der Waals surface area contributed by atoms with Gasteiger partial charge in [-0.2, -0.15) is 18.4 Å². The zero-order valence-electron chi connectivity index (χ0n) is 16.8. The van der Waals surface area contributed by atoms with Gasteiger partial charge in [0.1, 0.15) is 4.33 Å². The Morgan fingerprint density at radius 3 is 2.30 bits per heavy atom. The quantitative estimate of drug-likeness (QED) is 0.341. The molecule has 0 saturated heterocycles. The van der Waals surface area contributed by atoms with E-state index in [2.05, 4.69) is 11.4 Å². The van der Waals surface area contributed by atoms with Crippen molar-refractivity contribution in [2.45, 2.75) is 35.7 Å². The molecule has 0 spiro atoms. The standard InChI is InChI=1S/C23H16Cl3F3N2O2/c24-16-6-5-14(9-15(16)17(32)10-21(11-30)7-8-21)31-20(33)19-18(22(19,25)26)12-1-3-13(4-2-12)23(27,28)29/h1-6,9,18-19H,7-8,10H2,(H,31,33). The maximum absolute atomic E-state index is 12.8. The summed E-state index contributed by atoms with van der Waals surface area (Å²) in [7, 11) is 0. The van der Waals surface area contributed by atoms with E-state index in [0.717, 1.165) is 12.1 Å². The van der Waals surface area contributed by atoms with Crippen molar-refractivity contribution < 1.29 is 22.8 Å². The molecule has 2 aromatic rings. The van der Waals surface area contributed by atoms with Crippen molar-refractivity contribution in [3.63, 3.8) is 0 Å². The average molecular weight is 516 g/mol. The molecular formula is C23H16Cl3F3N2O2. The lowest BCUT2D eigenvalue weighted by molar-refractivity contribution is -0.137. The third kappa shape index (κ3) is 4.70. The number of halogens is 6. The van der Waals surface area contributed by atoms with Crippen LogP contribution < -0.4 is 5.32 Å². The van der Waals surface area contributed by atoms with Crippen LogP contribution >= 0.6 is 34.8 Å². The first-order chi connectivity index (χ1) is 15.4. The molecule has 2 atom stereocenters. The second kappa shape index (κ2) is 8.19. The molecule has 2 saturated carbocycles. The molecule has 2 aliphatic rings. The molecule has 4 rings (SSSR count). The Morgan fingerprint density at radius 2 is 1.76 bits per heavy atom. The lowest BCUT2D eigenvalue weighted by Gasteiger charge is -2.10. The van der Waals surface area contributed by atoms with Crippen molar-refractivity contribution in [3.8, 4) is 6.07 Å². The van der Waals surface area contributed by atoms with Crippen molar-refractivity contribution in [2.24, 2.45) is 11.3 Å². The van der Waals surface area contributed by atoms with E-state index in [-0.39, 0.29) is 28.5 Å². The summed E-state index contributed by atoms with van der Waals surface area (Å²) in [6.45, 7) is 0. The van der Waals surface area contributed by atoms with Crippen LogP contribution in [-0.2, 0) is 11.0 Å². The first-order valence-electron chi connectivity index (χ1n) is 9.98. The van der Waals surface area contributed by atoms with Gasteiger partial charge in [0, 0.05) is 23.6 Å². The molecule has 2 fully saturated rings. The Hall–Kier alpha value is -2.27. The summed E-state index contributed by atoms with van der Waals surface area (Å²) in [5.74, 6) is -2.43. The van der Waals surface area contributed by atoms with Gasteiger partial charge in [0.2, 0.25) is 5.91 Å². The first kappa shape index (κ1) is 23.9. The predicted octanol–water partition coefficient (Wildman–Crippen LogP) is 6.76. The SMILES string of the molecule is N#CC1(CC(=O)c2cc(NC(=O)C3C(c4ccc(C(F)(F)F)cc4)C3(Cl)Cl)ccc2Cl)CC1. The Balaban J connectivity index is 1.48. The lowest BCUT2D eigenvalue weighted by atomic mass is 9.96. The number of hydrogen-bond donors (Lipinski definition) is 1. The molecule has 1 amide bonds. The Kier molecular flexibility index (Phi) is 5.93. The Bertz CT molecular complexity index is 1170. The number of ketones is 1. The van der Waals surface area contributed by atoms with Crippen LogP contribution in [0.4, 0.5) is 18.9 Å². The minimum Gasteiger partial charge on any atom is -0.326 e. The van der Waals surface area contributed by atoms with Crippen molar-refractivity contribution in [1.82, 2.24) is 0 Å². The van der Waals surface area contributed by atoms with Crippen LogP contribution in [0.2, 0.25) is 5.02 Å². The highest BCUT2D eigenvalue weighted by atomic mass is 35.5. The number of alkyl halides is 5. The van der Waals surface area contributed by atoms with Gasteiger partial charge in [0.05, 0.1) is 28.0 Å². The molecular weight excluding hydrogens is 500 g/mol. The Labute approximate surface area is 202 Å². The molecule has 2 aliphatic carbocycles. The molecule has 2 unspecified atom stereocenters. The number of carbonyl (C=O) groups is 2. The third-order valence-electron chi connectivity index (χ3n) is 6.06. The topological polar surface area (TPSA) is 70.0 Å². The zero-order chi connectivity index (χ0) is 24.2. The van der Waals surface area contributed by atoms with Gasteiger partial charge in [-0.1, -0.05) is 23.7 Å². The van der Waals surface area contributed by atoms with Crippen molar-refractivity contribution in [1.29, 1.82) is 5.26 Å². The Morgan fingerprint density at radius 1 is 1.12 bits per heavy atom. The maximum atomic E-state index is 12.8. The van der Waals surface area contributed by atoms with Crippen LogP contribution in [-0.4, -0.2) is 16.0 Å². The second-order valence-electron chi connectivity index (χ2n) is 8.43. The van der Waals surface area contributed by atoms with Gasteiger partial charge in [-0.25, -0.2) is 0 Å². The van der Waals surface area contributed by atoms with E-state index in [9.17, 15) is 28.0 Å². The first-order valence-corrected chi connectivity index (χ1v) is 11.1. The zero-order valence-corrected chi connectivity index (χ0v) is 19.1. The number of rotatable bonds is 6. The van der Waals surface area contributed by atoms with Gasteiger partial charge >= 0.3 is 6.18 Å². The number of amides is 1. The highest BCUT2D eigenvalue weighted by Crippen LogP contribution is 2.65. The van der Waals surface area contributed by atoms with Crippen molar-refractivity contribution in [3.05, 3.63) is 64.2 Å². The summed E-state index contributed by atoms with van der Waals surface area (Å²) >= 11 is 18.7. The predicted molar refractivity (Wildman–Crippen MR) is 118 cm³/mol. The number of carbonyl (C=O) groups excluding carboxylic acids is 2. The highest BCUT2D eigenvalue weighted by Gasteiger charge is 2.67. The fourth-order valence-electron chi connectivity index (χ4n) is 3.87. The normalized spacial score (nSPS) is 22.2. The molecule has 172 valence electrons. The van der Waals surface area contributed by atoms with Crippen molar-refractivity contribution in [2.75, 3.05) is 5.32 Å². The van der Waals surface area contributed by atoms with Crippen LogP contribution in [0.5, 0.6) is 0 Å². The van der Waals surface area contributed by atoms with Crippen LogP contribution in [0.1, 0.15) is 46.7 Å². The molecule has 0 aromatic heterocycles. The molecule has 2 aromatic carbocycles. The summed E-state index contributed by atoms with van der Waals surface area (Å²) < 4.78 is 36.9. The second-order valence-corrected chi connectivity index (χ2v) is 10.3. The molecule has 0 bridgehead atoms. The molecule has 33 heavy (non-hydrogen) atoms. The van der Waals surface area contributed by atoms with E-state index in [1.54, 1.807) is 0 Å². The minimum atomic E-state index is -4.48. The van der Waals surface area contributed by atoms with Crippen molar-refractivity contribution >= 4 is 52.2 Å². The van der Waals surface area contributed by atoms with E-state index >= 15 is 0 Å². The van der Waals surface area contributed by atoms with E-state index in [4.69, 9.17) is 34.8 Å². The fraction of sp³-hybridized carbons (Fsp3) is 0.348. The summed E-state index contributed by atoms with van der Waals surface area (Å²) in [6.07, 6.45) is -3.12. The largest absolute Gasteiger partial charge is 0.416 e. The number of Topliss-reactive ketones (excluding diaryl/α,β-unsaturated/α-hetero) is 1. The minimum absolute atomic E-state index is 0.0473. The summed E-state index contributed by atoms with van der Waals surface area (Å²) in [5.41, 5.74) is -0.568. The molecule has 0 aliphatic heterocycles.